The van der Waals surface area contributed by atoms with E-state index < -0.39 is 0 Å². The zero-order valence-corrected chi connectivity index (χ0v) is 32.7. The van der Waals surface area contributed by atoms with E-state index >= 15 is 0 Å². The Bertz CT molecular complexity index is 2660. The van der Waals surface area contributed by atoms with Gasteiger partial charge in [0.1, 0.15) is 0 Å². The molecule has 7 heteroatoms. The summed E-state index contributed by atoms with van der Waals surface area (Å²) in [5, 5.41) is 0. The second-order valence-corrected chi connectivity index (χ2v) is 14.7. The number of aryl methyl sites for hydroxylation is 4. The fraction of sp³-hybridized carbons (Fsp3) is 0.0784. The molecule has 0 aliphatic rings. The predicted molar refractivity (Wildman–Crippen MR) is 233 cm³/mol. The monoisotopic (exact) mass is 749 g/mol. The molecule has 0 aliphatic carbocycles. The normalized spacial score (nSPS) is 11.1. The van der Waals surface area contributed by atoms with Crippen LogP contribution < -0.4 is 0 Å². The van der Waals surface area contributed by atoms with E-state index in [0.29, 0.717) is 34.9 Å². The first-order valence-corrected chi connectivity index (χ1v) is 19.3. The predicted octanol–water partition coefficient (Wildman–Crippen LogP) is 12.0. The minimum atomic E-state index is 0.546. The molecule has 0 spiro atoms. The summed E-state index contributed by atoms with van der Waals surface area (Å²) in [7, 11) is 0. The summed E-state index contributed by atoms with van der Waals surface area (Å²) in [6, 6.07) is 52.0. The minimum absolute atomic E-state index is 0.546. The highest BCUT2D eigenvalue weighted by Crippen LogP contribution is 2.35. The van der Waals surface area contributed by atoms with Gasteiger partial charge in [-0.3, -0.25) is 4.98 Å². The van der Waals surface area contributed by atoms with E-state index in [9.17, 15) is 0 Å². The van der Waals surface area contributed by atoms with Crippen molar-refractivity contribution in [2.45, 2.75) is 27.7 Å². The van der Waals surface area contributed by atoms with Crippen LogP contribution in [0, 0.1) is 27.7 Å². The molecular weight excluding hydrogens is 711 g/mol. The fourth-order valence-electron chi connectivity index (χ4n) is 7.10. The lowest BCUT2D eigenvalue weighted by molar-refractivity contribution is 1.07. The Balaban J connectivity index is 1.28. The Morgan fingerprint density at radius 1 is 0.259 bits per heavy atom. The molecule has 0 atom stereocenters. The number of nitrogens with zero attached hydrogens (tertiary/aromatic N) is 7. The summed E-state index contributed by atoms with van der Waals surface area (Å²) in [4.78, 5) is 35.0. The third-order valence-corrected chi connectivity index (χ3v) is 10.0. The molecule has 0 saturated carbocycles. The maximum Gasteiger partial charge on any atom is 0.164 e. The van der Waals surface area contributed by atoms with Crippen molar-refractivity contribution in [1.82, 2.24) is 34.9 Å². The number of hydrogen-bond acceptors (Lipinski definition) is 7. The molecule has 9 rings (SSSR count). The van der Waals surface area contributed by atoms with Crippen molar-refractivity contribution in [2.24, 2.45) is 0 Å². The summed E-state index contributed by atoms with van der Waals surface area (Å²) in [6.07, 6.45) is 3.67. The molecule has 7 nitrogen and oxygen atoms in total. The first-order valence-electron chi connectivity index (χ1n) is 19.3. The van der Waals surface area contributed by atoms with E-state index in [0.717, 1.165) is 77.9 Å². The van der Waals surface area contributed by atoms with Gasteiger partial charge in [-0.2, -0.15) is 0 Å². The number of rotatable bonds is 8. The highest BCUT2D eigenvalue weighted by molar-refractivity contribution is 5.81. The molecule has 3 aromatic heterocycles. The van der Waals surface area contributed by atoms with Gasteiger partial charge in [-0.15, -0.1) is 0 Å². The lowest BCUT2D eigenvalue weighted by atomic mass is 9.97. The van der Waals surface area contributed by atoms with Crippen LogP contribution in [0.3, 0.4) is 0 Å². The number of benzene rings is 6. The van der Waals surface area contributed by atoms with Crippen molar-refractivity contribution >= 4 is 0 Å². The Hall–Kier alpha value is -7.51. The molecule has 0 N–H and O–H groups in total. The van der Waals surface area contributed by atoms with E-state index in [-0.39, 0.29) is 0 Å². The van der Waals surface area contributed by atoms with Gasteiger partial charge in [0.25, 0.3) is 0 Å². The second kappa shape index (κ2) is 15.6. The Labute approximate surface area is 338 Å². The Morgan fingerprint density at radius 2 is 0.569 bits per heavy atom. The van der Waals surface area contributed by atoms with E-state index in [1.165, 1.54) is 0 Å². The molecule has 0 aliphatic heterocycles. The zero-order valence-electron chi connectivity index (χ0n) is 32.7. The van der Waals surface area contributed by atoms with Gasteiger partial charge in [-0.05, 0) is 98.5 Å². The zero-order chi connectivity index (χ0) is 39.6. The molecular formula is C51H39N7. The number of pyridine rings is 1. The highest BCUT2D eigenvalue weighted by Gasteiger charge is 2.18. The third kappa shape index (κ3) is 7.79. The van der Waals surface area contributed by atoms with Gasteiger partial charge in [0.15, 0.2) is 34.9 Å². The molecule has 0 fully saturated rings. The van der Waals surface area contributed by atoms with Crippen LogP contribution in [-0.2, 0) is 0 Å². The molecule has 0 saturated heterocycles. The second-order valence-electron chi connectivity index (χ2n) is 14.7. The van der Waals surface area contributed by atoms with Crippen LogP contribution in [0.25, 0.3) is 90.6 Å². The third-order valence-electron chi connectivity index (χ3n) is 10.0. The van der Waals surface area contributed by atoms with Gasteiger partial charge in [0.2, 0.25) is 0 Å². The van der Waals surface area contributed by atoms with Crippen LogP contribution >= 0.6 is 0 Å². The van der Waals surface area contributed by atoms with Crippen molar-refractivity contribution in [3.63, 3.8) is 0 Å². The standard InChI is InChI=1S/C51H39N7/c1-32-10-5-14-38(24-32)46-53-47(39-15-6-11-33(2)25-39)56-50(55-46)44-28-43(37-21-19-36(20-22-37)42-18-9-23-52-31-42)29-45(30-44)51-57-48(40-16-7-12-34(3)26-40)54-49(58-51)41-17-8-13-35(4)27-41/h5-31H,1-4H3. The average Bonchev–Trinajstić information content (AvgIpc) is 3.26. The maximum absolute atomic E-state index is 5.15. The Morgan fingerprint density at radius 3 is 0.897 bits per heavy atom. The molecule has 9 aromatic rings. The van der Waals surface area contributed by atoms with Gasteiger partial charge in [0, 0.05) is 45.8 Å². The topological polar surface area (TPSA) is 90.2 Å². The van der Waals surface area contributed by atoms with E-state index in [2.05, 4.69) is 130 Å². The van der Waals surface area contributed by atoms with E-state index in [4.69, 9.17) is 29.9 Å². The maximum atomic E-state index is 5.15. The molecule has 0 amide bonds. The molecule has 6 aromatic carbocycles. The Kier molecular flexibility index (Phi) is 9.69. The van der Waals surface area contributed by atoms with Crippen LogP contribution in [0.5, 0.6) is 0 Å². The van der Waals surface area contributed by atoms with E-state index in [1.54, 1.807) is 6.20 Å². The van der Waals surface area contributed by atoms with Crippen LogP contribution in [0.4, 0.5) is 0 Å². The molecule has 58 heavy (non-hydrogen) atoms. The van der Waals surface area contributed by atoms with Gasteiger partial charge in [-0.1, -0.05) is 125 Å². The smallest absolute Gasteiger partial charge is 0.164 e. The lowest BCUT2D eigenvalue weighted by Gasteiger charge is -2.14. The summed E-state index contributed by atoms with van der Waals surface area (Å²) in [5.74, 6) is 3.49. The van der Waals surface area contributed by atoms with Gasteiger partial charge in [0.05, 0.1) is 0 Å². The van der Waals surface area contributed by atoms with E-state index in [1.807, 2.05) is 60.8 Å². The minimum Gasteiger partial charge on any atom is -0.264 e. The molecule has 278 valence electrons. The summed E-state index contributed by atoms with van der Waals surface area (Å²) >= 11 is 0. The molecule has 0 radical (unpaired) electrons. The SMILES string of the molecule is Cc1cccc(-c2nc(-c3cccc(C)c3)nc(-c3cc(-c4ccc(-c5cccnc5)cc4)cc(-c4nc(-c5cccc(C)c5)nc(-c5cccc(C)c5)n4)c3)n2)c1. The quantitative estimate of drug-likeness (QED) is 0.153. The average molecular weight is 750 g/mol. The van der Waals surface area contributed by atoms with Gasteiger partial charge >= 0.3 is 0 Å². The summed E-state index contributed by atoms with van der Waals surface area (Å²) in [5.41, 5.74) is 13.9. The highest BCUT2D eigenvalue weighted by atomic mass is 15.0. The van der Waals surface area contributed by atoms with Gasteiger partial charge in [-0.25, -0.2) is 29.9 Å². The van der Waals surface area contributed by atoms with Crippen LogP contribution in [0.15, 0.2) is 164 Å². The van der Waals surface area contributed by atoms with Crippen molar-refractivity contribution in [1.29, 1.82) is 0 Å². The largest absolute Gasteiger partial charge is 0.264 e. The number of hydrogen-bond donors (Lipinski definition) is 0. The van der Waals surface area contributed by atoms with Crippen molar-refractivity contribution in [3.8, 4) is 90.6 Å². The number of aromatic nitrogens is 7. The van der Waals surface area contributed by atoms with Crippen molar-refractivity contribution in [2.75, 3.05) is 0 Å². The molecule has 3 heterocycles. The first kappa shape index (κ1) is 36.1. The van der Waals surface area contributed by atoms with Crippen molar-refractivity contribution in [3.05, 3.63) is 186 Å². The molecule has 0 unspecified atom stereocenters. The summed E-state index contributed by atoms with van der Waals surface area (Å²) in [6.45, 7) is 8.31. The van der Waals surface area contributed by atoms with Crippen LogP contribution in [0.2, 0.25) is 0 Å². The first-order chi connectivity index (χ1) is 28.3. The van der Waals surface area contributed by atoms with Crippen molar-refractivity contribution < 1.29 is 0 Å². The van der Waals surface area contributed by atoms with Crippen LogP contribution in [0.1, 0.15) is 22.3 Å². The molecule has 0 bridgehead atoms. The van der Waals surface area contributed by atoms with Crippen LogP contribution in [-0.4, -0.2) is 34.9 Å². The summed E-state index contributed by atoms with van der Waals surface area (Å²) < 4.78 is 0. The fourth-order valence-corrected chi connectivity index (χ4v) is 7.10. The van der Waals surface area contributed by atoms with Gasteiger partial charge < -0.3 is 0 Å². The lowest BCUT2D eigenvalue weighted by Crippen LogP contribution is -2.02.